The molecule has 5 heteroatoms. The number of hydrogen-bond donors (Lipinski definition) is 0. The van der Waals surface area contributed by atoms with Gasteiger partial charge in [0.05, 0.1) is 16.5 Å². The molecule has 2 aliphatic rings. The highest BCUT2D eigenvalue weighted by Gasteiger charge is 2.44. The first-order chi connectivity index (χ1) is 14.9. The van der Waals surface area contributed by atoms with Gasteiger partial charge in [-0.25, -0.2) is 0 Å². The Balaban J connectivity index is 0.00000245. The van der Waals surface area contributed by atoms with E-state index in [1.165, 1.54) is 32.6 Å². The van der Waals surface area contributed by atoms with Gasteiger partial charge in [-0.3, -0.25) is 14.5 Å². The number of rotatable bonds is 5. The second-order valence-electron chi connectivity index (χ2n) is 9.06. The van der Waals surface area contributed by atoms with Gasteiger partial charge in [0, 0.05) is 31.5 Å². The van der Waals surface area contributed by atoms with Crippen LogP contribution >= 0.6 is 0 Å². The average molecular weight is 491 g/mol. The van der Waals surface area contributed by atoms with Crippen molar-refractivity contribution in [3.8, 4) is 0 Å². The number of fused-ring (bicyclic) bond motifs is 4. The number of imide groups is 1. The molecule has 3 aromatic carbocycles. The fraction of sp³-hybridized carbons (Fsp3) is 0.296. The van der Waals surface area contributed by atoms with Crippen molar-refractivity contribution in [1.82, 2.24) is 4.90 Å². The lowest BCUT2D eigenvalue weighted by molar-refractivity contribution is -0.439. The predicted molar refractivity (Wildman–Crippen MR) is 123 cm³/mol. The minimum atomic E-state index is -0.164. The van der Waals surface area contributed by atoms with Crippen LogP contribution in [-0.2, 0) is 5.41 Å². The van der Waals surface area contributed by atoms with Crippen molar-refractivity contribution < 1.29 is 31.1 Å². The van der Waals surface area contributed by atoms with E-state index in [-0.39, 0.29) is 34.2 Å². The summed E-state index contributed by atoms with van der Waals surface area (Å²) in [6.07, 6.45) is 1.70. The first-order valence-corrected chi connectivity index (χ1v) is 11.0. The normalized spacial score (nSPS) is 16.4. The molecule has 2 aliphatic heterocycles. The molecule has 5 rings (SSSR count). The molecule has 2 heterocycles. The molecule has 0 aliphatic carbocycles. The first-order valence-electron chi connectivity index (χ1n) is 11.0. The quantitative estimate of drug-likeness (QED) is 0.312. The van der Waals surface area contributed by atoms with Gasteiger partial charge in [0.15, 0.2) is 5.71 Å². The fourth-order valence-electron chi connectivity index (χ4n) is 5.11. The van der Waals surface area contributed by atoms with Gasteiger partial charge in [-0.1, -0.05) is 36.4 Å². The molecule has 0 unspecified atom stereocenters. The molecule has 164 valence electrons. The molecule has 0 atom stereocenters. The average Bonchev–Trinajstić information content (AvgIpc) is 3.14. The lowest BCUT2D eigenvalue weighted by atomic mass is 9.80. The largest absolute Gasteiger partial charge is 1.00 e. The maximum Gasteiger partial charge on any atom is 0.261 e. The third-order valence-corrected chi connectivity index (χ3v) is 7.02. The molecular formula is C27H27BrN2O2. The SMILES string of the molecule is CC1=[N+](CCCCN2C(=O)c3ccccc3C2=O)c2ccc3ccccc3c2C1(C)C.[Br-]. The maximum atomic E-state index is 12.6. The molecule has 0 saturated carbocycles. The van der Waals surface area contributed by atoms with E-state index in [9.17, 15) is 9.59 Å². The zero-order valence-corrected chi connectivity index (χ0v) is 20.3. The smallest absolute Gasteiger partial charge is 0.261 e. The predicted octanol–water partition coefficient (Wildman–Crippen LogP) is 2.32. The Labute approximate surface area is 199 Å². The van der Waals surface area contributed by atoms with Crippen molar-refractivity contribution in [2.24, 2.45) is 0 Å². The molecule has 0 fully saturated rings. The molecule has 3 aromatic rings. The summed E-state index contributed by atoms with van der Waals surface area (Å²) in [7, 11) is 0. The topological polar surface area (TPSA) is 40.4 Å². The van der Waals surface area contributed by atoms with E-state index in [2.05, 4.69) is 61.7 Å². The monoisotopic (exact) mass is 490 g/mol. The molecular weight excluding hydrogens is 464 g/mol. The second kappa shape index (κ2) is 8.28. The molecule has 0 spiro atoms. The van der Waals surface area contributed by atoms with E-state index in [1.807, 2.05) is 12.1 Å². The molecule has 0 N–H and O–H groups in total. The van der Waals surface area contributed by atoms with Crippen molar-refractivity contribution in [2.75, 3.05) is 13.1 Å². The Morgan fingerprint density at radius 1 is 0.844 bits per heavy atom. The highest BCUT2D eigenvalue weighted by molar-refractivity contribution is 6.21. The summed E-state index contributed by atoms with van der Waals surface area (Å²) in [5, 5.41) is 2.59. The number of carbonyl (C=O) groups excluding carboxylic acids is 2. The van der Waals surface area contributed by atoms with Crippen molar-refractivity contribution in [2.45, 2.75) is 39.0 Å². The number of nitrogens with zero attached hydrogens (tertiary/aromatic N) is 2. The van der Waals surface area contributed by atoms with E-state index in [1.54, 1.807) is 12.1 Å². The molecule has 4 nitrogen and oxygen atoms in total. The third kappa shape index (κ3) is 3.30. The van der Waals surface area contributed by atoms with Crippen LogP contribution in [0.5, 0.6) is 0 Å². The van der Waals surface area contributed by atoms with E-state index in [0.717, 1.165) is 19.4 Å². The lowest BCUT2D eigenvalue weighted by Crippen LogP contribution is -3.00. The molecule has 0 saturated heterocycles. The van der Waals surface area contributed by atoms with E-state index < -0.39 is 0 Å². The van der Waals surface area contributed by atoms with Crippen molar-refractivity contribution in [3.05, 3.63) is 77.4 Å². The number of unbranched alkanes of at least 4 members (excludes halogenated alkanes) is 1. The minimum absolute atomic E-state index is 0. The maximum absolute atomic E-state index is 12.6. The van der Waals surface area contributed by atoms with Gasteiger partial charge in [0.25, 0.3) is 11.8 Å². The van der Waals surface area contributed by atoms with Crippen LogP contribution in [0.3, 0.4) is 0 Å². The standard InChI is InChI=1S/C27H27N2O2.BrH/c1-18-27(2,3)24-20-11-5-4-10-19(20)14-15-23(24)28(18)16-8-9-17-29-25(30)21-12-6-7-13-22(21)26(29)31;/h4-7,10-15H,8-9,16-17H2,1-3H3;1H/q+1;/p-1. The number of amides is 2. The molecule has 32 heavy (non-hydrogen) atoms. The second-order valence-corrected chi connectivity index (χ2v) is 9.06. The van der Waals surface area contributed by atoms with Crippen LogP contribution in [0.4, 0.5) is 5.69 Å². The van der Waals surface area contributed by atoms with Gasteiger partial charge in [-0.15, -0.1) is 0 Å². The Morgan fingerprint density at radius 3 is 2.16 bits per heavy atom. The van der Waals surface area contributed by atoms with Crippen LogP contribution in [0.15, 0.2) is 60.7 Å². The van der Waals surface area contributed by atoms with Crippen LogP contribution in [0.25, 0.3) is 10.8 Å². The Morgan fingerprint density at radius 2 is 1.47 bits per heavy atom. The van der Waals surface area contributed by atoms with Gasteiger partial charge in [0.1, 0.15) is 6.54 Å². The van der Waals surface area contributed by atoms with Crippen molar-refractivity contribution >= 4 is 34.0 Å². The van der Waals surface area contributed by atoms with Crippen molar-refractivity contribution in [3.63, 3.8) is 0 Å². The number of carbonyl (C=O) groups is 2. The van der Waals surface area contributed by atoms with Gasteiger partial charge >= 0.3 is 0 Å². The summed E-state index contributed by atoms with van der Waals surface area (Å²) in [4.78, 5) is 26.5. The number of benzene rings is 3. The molecule has 0 aromatic heterocycles. The summed E-state index contributed by atoms with van der Waals surface area (Å²) in [6, 6.07) is 20.1. The lowest BCUT2D eigenvalue weighted by Gasteiger charge is -2.17. The van der Waals surface area contributed by atoms with Crippen molar-refractivity contribution in [1.29, 1.82) is 0 Å². The van der Waals surface area contributed by atoms with Crippen LogP contribution in [0.2, 0.25) is 0 Å². The van der Waals surface area contributed by atoms with Gasteiger partial charge in [-0.05, 0) is 49.2 Å². The molecule has 0 radical (unpaired) electrons. The molecule has 2 amide bonds. The summed E-state index contributed by atoms with van der Waals surface area (Å²) < 4.78 is 2.42. The Kier molecular flexibility index (Phi) is 5.80. The van der Waals surface area contributed by atoms with Crippen LogP contribution in [-0.4, -0.2) is 40.1 Å². The van der Waals surface area contributed by atoms with Gasteiger partial charge in [0.2, 0.25) is 5.69 Å². The minimum Gasteiger partial charge on any atom is -1.00 e. The number of hydrogen-bond acceptors (Lipinski definition) is 2. The van der Waals surface area contributed by atoms with E-state index in [0.29, 0.717) is 17.7 Å². The highest BCUT2D eigenvalue weighted by atomic mass is 79.9. The summed E-state index contributed by atoms with van der Waals surface area (Å²) >= 11 is 0. The van der Waals surface area contributed by atoms with Gasteiger partial charge < -0.3 is 17.0 Å². The van der Waals surface area contributed by atoms with Crippen LogP contribution in [0, 0.1) is 0 Å². The van der Waals surface area contributed by atoms with Gasteiger partial charge in [-0.2, -0.15) is 4.58 Å². The van der Waals surface area contributed by atoms with E-state index >= 15 is 0 Å². The number of halogens is 1. The summed E-state index contributed by atoms with van der Waals surface area (Å²) in [5.74, 6) is -0.329. The Bertz CT molecular complexity index is 1240. The highest BCUT2D eigenvalue weighted by Crippen LogP contribution is 2.43. The Hall–Kier alpha value is -2.79. The van der Waals surface area contributed by atoms with Crippen LogP contribution < -0.4 is 17.0 Å². The third-order valence-electron chi connectivity index (χ3n) is 7.02. The fourth-order valence-corrected chi connectivity index (χ4v) is 5.11. The zero-order chi connectivity index (χ0) is 21.8. The molecule has 0 bridgehead atoms. The summed E-state index contributed by atoms with van der Waals surface area (Å²) in [6.45, 7) is 8.16. The van der Waals surface area contributed by atoms with Crippen LogP contribution in [0.1, 0.15) is 59.9 Å². The summed E-state index contributed by atoms with van der Waals surface area (Å²) in [5.41, 5.74) is 5.04. The first kappa shape index (κ1) is 22.4. The zero-order valence-electron chi connectivity index (χ0n) is 18.7. The van der Waals surface area contributed by atoms with E-state index in [4.69, 9.17) is 0 Å².